The monoisotopic (exact) mass is 380 g/mol. The summed E-state index contributed by atoms with van der Waals surface area (Å²) in [4.78, 5) is 20.2. The number of nitrogens with zero attached hydrogens (tertiary/aromatic N) is 3. The number of hydrazone groups is 1. The van der Waals surface area contributed by atoms with Gasteiger partial charge in [0.1, 0.15) is 11.4 Å². The summed E-state index contributed by atoms with van der Waals surface area (Å²) < 4.78 is 0.475. The lowest BCUT2D eigenvalue weighted by molar-refractivity contribution is -0.393. The Labute approximate surface area is 137 Å². The van der Waals surface area contributed by atoms with Gasteiger partial charge >= 0.3 is 5.69 Å². The number of phenols is 1. The highest BCUT2D eigenvalue weighted by Gasteiger charge is 2.19. The molecule has 0 saturated heterocycles. The van der Waals surface area contributed by atoms with E-state index in [1.54, 1.807) is 12.1 Å². The molecule has 0 bridgehead atoms. The van der Waals surface area contributed by atoms with Crippen molar-refractivity contribution in [3.05, 3.63) is 66.7 Å². The lowest BCUT2D eigenvalue weighted by Crippen LogP contribution is -1.98. The van der Waals surface area contributed by atoms with Crippen LogP contribution in [0.15, 0.2) is 46.0 Å². The number of nitro benzene ring substituents is 2. The third-order valence-corrected chi connectivity index (χ3v) is 3.39. The molecule has 2 aromatic rings. The van der Waals surface area contributed by atoms with E-state index >= 15 is 0 Å². The van der Waals surface area contributed by atoms with Gasteiger partial charge in [-0.05, 0) is 45.8 Å². The summed E-state index contributed by atoms with van der Waals surface area (Å²) >= 11 is 3.15. The SMILES string of the molecule is O=[N+]([O-])c1ccc(N/N=C\c2ccc(O)c(Br)c2)c([N+](=O)[O-])c1. The van der Waals surface area contributed by atoms with Gasteiger partial charge in [0.2, 0.25) is 0 Å². The van der Waals surface area contributed by atoms with Gasteiger partial charge in [-0.2, -0.15) is 5.10 Å². The second-order valence-electron chi connectivity index (χ2n) is 4.30. The van der Waals surface area contributed by atoms with E-state index in [1.165, 1.54) is 18.3 Å². The molecular formula is C13H9BrN4O5. The number of non-ortho nitro benzene ring substituents is 1. The molecule has 0 aliphatic rings. The van der Waals surface area contributed by atoms with Crippen molar-refractivity contribution in [2.24, 2.45) is 5.10 Å². The Hall–Kier alpha value is -3.01. The highest BCUT2D eigenvalue weighted by Crippen LogP contribution is 2.29. The fourth-order valence-corrected chi connectivity index (χ4v) is 2.06. The number of hydrogen-bond acceptors (Lipinski definition) is 7. The average molecular weight is 381 g/mol. The number of halogens is 1. The molecule has 0 atom stereocenters. The summed E-state index contributed by atoms with van der Waals surface area (Å²) in [7, 11) is 0. The van der Waals surface area contributed by atoms with E-state index in [0.29, 0.717) is 10.0 Å². The molecule has 10 heteroatoms. The first-order chi connectivity index (χ1) is 10.9. The van der Waals surface area contributed by atoms with Crippen molar-refractivity contribution >= 4 is 39.2 Å². The first kappa shape index (κ1) is 16.4. The van der Waals surface area contributed by atoms with Crippen molar-refractivity contribution in [2.45, 2.75) is 0 Å². The number of nitro groups is 2. The third kappa shape index (κ3) is 4.01. The Morgan fingerprint density at radius 3 is 2.48 bits per heavy atom. The van der Waals surface area contributed by atoms with E-state index in [9.17, 15) is 25.3 Å². The van der Waals surface area contributed by atoms with Crippen LogP contribution in [-0.2, 0) is 0 Å². The summed E-state index contributed by atoms with van der Waals surface area (Å²) in [6.45, 7) is 0. The molecule has 0 aliphatic heterocycles. The first-order valence-corrected chi connectivity index (χ1v) is 6.88. The minimum atomic E-state index is -0.734. The normalized spacial score (nSPS) is 10.7. The van der Waals surface area contributed by atoms with Gasteiger partial charge < -0.3 is 5.11 Å². The maximum Gasteiger partial charge on any atom is 0.301 e. The molecule has 0 heterocycles. The summed E-state index contributed by atoms with van der Waals surface area (Å²) in [6, 6.07) is 7.86. The van der Waals surface area contributed by atoms with Gasteiger partial charge in [0, 0.05) is 6.07 Å². The number of aromatic hydroxyl groups is 1. The molecule has 2 aromatic carbocycles. The van der Waals surface area contributed by atoms with Crippen LogP contribution in [0, 0.1) is 20.2 Å². The minimum Gasteiger partial charge on any atom is -0.507 e. The van der Waals surface area contributed by atoms with E-state index in [0.717, 1.165) is 12.1 Å². The maximum atomic E-state index is 11.0. The number of rotatable bonds is 5. The van der Waals surface area contributed by atoms with Crippen LogP contribution in [0.5, 0.6) is 5.75 Å². The number of nitrogens with one attached hydrogen (secondary N) is 1. The minimum absolute atomic E-state index is 0.0229. The fourth-order valence-electron chi connectivity index (χ4n) is 1.66. The number of benzene rings is 2. The van der Waals surface area contributed by atoms with Crippen molar-refractivity contribution in [1.82, 2.24) is 0 Å². The Morgan fingerprint density at radius 1 is 1.13 bits per heavy atom. The van der Waals surface area contributed by atoms with Crippen molar-refractivity contribution in [1.29, 1.82) is 0 Å². The standard InChI is InChI=1S/C13H9BrN4O5/c14-10-5-8(1-4-13(10)19)7-15-16-11-3-2-9(17(20)21)6-12(11)18(22)23/h1-7,16,19H/b15-7-. The zero-order valence-corrected chi connectivity index (χ0v) is 12.9. The highest BCUT2D eigenvalue weighted by atomic mass is 79.9. The molecule has 2 N–H and O–H groups in total. The number of phenolic OH excluding ortho intramolecular Hbond substituents is 1. The zero-order valence-electron chi connectivity index (χ0n) is 11.3. The Morgan fingerprint density at radius 2 is 1.87 bits per heavy atom. The van der Waals surface area contributed by atoms with Crippen LogP contribution in [-0.4, -0.2) is 21.2 Å². The summed E-state index contributed by atoms with van der Waals surface area (Å²) in [5.74, 6) is 0.0705. The predicted octanol–water partition coefficient (Wildman–Crippen LogP) is 3.42. The third-order valence-electron chi connectivity index (χ3n) is 2.76. The number of hydrogen-bond donors (Lipinski definition) is 2. The molecule has 2 rings (SSSR count). The highest BCUT2D eigenvalue weighted by molar-refractivity contribution is 9.10. The van der Waals surface area contributed by atoms with Crippen molar-refractivity contribution in [2.75, 3.05) is 5.43 Å². The molecular weight excluding hydrogens is 372 g/mol. The van der Waals surface area contributed by atoms with Crippen LogP contribution in [0.1, 0.15) is 5.56 Å². The van der Waals surface area contributed by atoms with Gasteiger partial charge in [0.15, 0.2) is 0 Å². The quantitative estimate of drug-likeness (QED) is 0.464. The largest absolute Gasteiger partial charge is 0.507 e. The summed E-state index contributed by atoms with van der Waals surface area (Å²) in [5, 5.41) is 34.8. The zero-order chi connectivity index (χ0) is 17.0. The van der Waals surface area contributed by atoms with Crippen molar-refractivity contribution in [3.8, 4) is 5.75 Å². The summed E-state index contributed by atoms with van der Waals surface area (Å²) in [6.07, 6.45) is 1.38. The van der Waals surface area contributed by atoms with Gasteiger partial charge in [-0.1, -0.05) is 0 Å². The lowest BCUT2D eigenvalue weighted by atomic mass is 10.2. The molecule has 0 aliphatic carbocycles. The molecule has 118 valence electrons. The van der Waals surface area contributed by atoms with Crippen molar-refractivity contribution in [3.63, 3.8) is 0 Å². The second-order valence-corrected chi connectivity index (χ2v) is 5.15. The molecule has 0 saturated carbocycles. The molecule has 0 aromatic heterocycles. The van der Waals surface area contributed by atoms with E-state index in [-0.39, 0.29) is 17.1 Å². The Balaban J connectivity index is 2.22. The fraction of sp³-hybridized carbons (Fsp3) is 0. The average Bonchev–Trinajstić information content (AvgIpc) is 2.50. The van der Waals surface area contributed by atoms with Crippen LogP contribution >= 0.6 is 15.9 Å². The second kappa shape index (κ2) is 6.83. The van der Waals surface area contributed by atoms with Crippen LogP contribution in [0.4, 0.5) is 17.1 Å². The molecule has 0 radical (unpaired) electrons. The molecule has 9 nitrogen and oxygen atoms in total. The molecule has 0 unspecified atom stereocenters. The summed E-state index contributed by atoms with van der Waals surface area (Å²) in [5.41, 5.74) is 2.29. The van der Waals surface area contributed by atoms with Crippen LogP contribution in [0.25, 0.3) is 0 Å². The van der Waals surface area contributed by atoms with E-state index in [4.69, 9.17) is 0 Å². The van der Waals surface area contributed by atoms with E-state index < -0.39 is 15.5 Å². The number of anilines is 1. The maximum absolute atomic E-state index is 11.0. The molecule has 0 fully saturated rings. The van der Waals surface area contributed by atoms with Crippen LogP contribution in [0.2, 0.25) is 0 Å². The van der Waals surface area contributed by atoms with Gasteiger partial charge in [0.25, 0.3) is 5.69 Å². The lowest BCUT2D eigenvalue weighted by Gasteiger charge is -2.02. The molecule has 23 heavy (non-hydrogen) atoms. The smallest absolute Gasteiger partial charge is 0.301 e. The van der Waals surface area contributed by atoms with Gasteiger partial charge in [-0.15, -0.1) is 0 Å². The van der Waals surface area contributed by atoms with E-state index in [1.807, 2.05) is 0 Å². The first-order valence-electron chi connectivity index (χ1n) is 6.09. The topological polar surface area (TPSA) is 131 Å². The van der Waals surface area contributed by atoms with Crippen LogP contribution < -0.4 is 5.43 Å². The Kier molecular flexibility index (Phi) is 4.86. The van der Waals surface area contributed by atoms with Gasteiger partial charge in [-0.25, -0.2) is 0 Å². The Bertz CT molecular complexity index is 809. The van der Waals surface area contributed by atoms with Gasteiger partial charge in [0.05, 0.1) is 26.6 Å². The predicted molar refractivity (Wildman–Crippen MR) is 86.8 cm³/mol. The molecule has 0 amide bonds. The van der Waals surface area contributed by atoms with Gasteiger partial charge in [-0.3, -0.25) is 25.7 Å². The van der Waals surface area contributed by atoms with E-state index in [2.05, 4.69) is 26.5 Å². The molecule has 0 spiro atoms. The van der Waals surface area contributed by atoms with Crippen LogP contribution in [0.3, 0.4) is 0 Å². The van der Waals surface area contributed by atoms with Crippen molar-refractivity contribution < 1.29 is 15.0 Å².